The lowest BCUT2D eigenvalue weighted by molar-refractivity contribution is -0.123. The van der Waals surface area contributed by atoms with Gasteiger partial charge in [-0.25, -0.2) is 0 Å². The van der Waals surface area contributed by atoms with Crippen molar-refractivity contribution >= 4 is 28.9 Å². The molecule has 2 aromatic rings. The van der Waals surface area contributed by atoms with Gasteiger partial charge in [0.05, 0.1) is 6.61 Å². The Kier molecular flexibility index (Phi) is 6.89. The molecule has 6 heteroatoms. The highest BCUT2D eigenvalue weighted by molar-refractivity contribution is 6.08. The van der Waals surface area contributed by atoms with Crippen LogP contribution in [0.3, 0.4) is 0 Å². The van der Waals surface area contributed by atoms with Crippen molar-refractivity contribution in [2.24, 2.45) is 0 Å². The molecular formula is C22H27N3O3. The smallest absolute Gasteiger partial charge is 0.233 e. The molecule has 0 atom stereocenters. The third-order valence-electron chi connectivity index (χ3n) is 4.64. The number of anilines is 3. The molecule has 2 aromatic carbocycles. The molecule has 2 amide bonds. The number of piperidine rings is 1. The fourth-order valence-electron chi connectivity index (χ4n) is 3.27. The van der Waals surface area contributed by atoms with Crippen molar-refractivity contribution in [2.75, 3.05) is 35.2 Å². The summed E-state index contributed by atoms with van der Waals surface area (Å²) in [6.45, 7) is 4.66. The second-order valence-electron chi connectivity index (χ2n) is 6.83. The molecule has 0 bridgehead atoms. The SMILES string of the molecule is CCOc1ccc(NC(=O)CC(=O)Nc2ccc(N3CCCCC3)cc2)cc1. The Labute approximate surface area is 165 Å². The van der Waals surface area contributed by atoms with Gasteiger partial charge in [0, 0.05) is 30.2 Å². The normalized spacial score (nSPS) is 13.7. The highest BCUT2D eigenvalue weighted by atomic mass is 16.5. The van der Waals surface area contributed by atoms with Gasteiger partial charge in [0.25, 0.3) is 0 Å². The summed E-state index contributed by atoms with van der Waals surface area (Å²) in [6.07, 6.45) is 3.51. The van der Waals surface area contributed by atoms with E-state index >= 15 is 0 Å². The van der Waals surface area contributed by atoms with Crippen LogP contribution in [0.4, 0.5) is 17.1 Å². The molecule has 6 nitrogen and oxygen atoms in total. The number of hydrogen-bond donors (Lipinski definition) is 2. The van der Waals surface area contributed by atoms with E-state index in [1.54, 1.807) is 24.3 Å². The summed E-state index contributed by atoms with van der Waals surface area (Å²) in [5.41, 5.74) is 2.50. The second kappa shape index (κ2) is 9.78. The first-order valence-electron chi connectivity index (χ1n) is 9.81. The van der Waals surface area contributed by atoms with Crippen LogP contribution in [-0.2, 0) is 9.59 Å². The second-order valence-corrected chi connectivity index (χ2v) is 6.83. The average Bonchev–Trinajstić information content (AvgIpc) is 2.71. The van der Waals surface area contributed by atoms with Crippen LogP contribution in [0.1, 0.15) is 32.6 Å². The average molecular weight is 381 g/mol. The first kappa shape index (κ1) is 19.7. The van der Waals surface area contributed by atoms with E-state index in [0.717, 1.165) is 18.8 Å². The van der Waals surface area contributed by atoms with Crippen LogP contribution >= 0.6 is 0 Å². The summed E-state index contributed by atoms with van der Waals surface area (Å²) in [5, 5.41) is 5.49. The molecule has 1 aliphatic heterocycles. The highest BCUT2D eigenvalue weighted by Crippen LogP contribution is 2.22. The van der Waals surface area contributed by atoms with Crippen molar-refractivity contribution in [1.29, 1.82) is 0 Å². The molecule has 1 saturated heterocycles. The van der Waals surface area contributed by atoms with Crippen molar-refractivity contribution in [1.82, 2.24) is 0 Å². The lowest BCUT2D eigenvalue weighted by Gasteiger charge is -2.28. The number of nitrogens with one attached hydrogen (secondary N) is 2. The number of nitrogens with zero attached hydrogens (tertiary/aromatic N) is 1. The van der Waals surface area contributed by atoms with Crippen molar-refractivity contribution < 1.29 is 14.3 Å². The van der Waals surface area contributed by atoms with Gasteiger partial charge in [-0.15, -0.1) is 0 Å². The minimum Gasteiger partial charge on any atom is -0.494 e. The minimum atomic E-state index is -0.355. The van der Waals surface area contributed by atoms with E-state index in [4.69, 9.17) is 4.74 Å². The van der Waals surface area contributed by atoms with Crippen LogP contribution in [0.25, 0.3) is 0 Å². The van der Waals surface area contributed by atoms with Crippen LogP contribution < -0.4 is 20.3 Å². The molecule has 2 N–H and O–H groups in total. The molecule has 0 saturated carbocycles. The Morgan fingerprint density at radius 1 is 0.857 bits per heavy atom. The van der Waals surface area contributed by atoms with E-state index in [1.165, 1.54) is 24.9 Å². The Balaban J connectivity index is 1.47. The van der Waals surface area contributed by atoms with Crippen LogP contribution in [0.5, 0.6) is 5.75 Å². The first-order valence-corrected chi connectivity index (χ1v) is 9.81. The molecule has 0 aromatic heterocycles. The molecular weight excluding hydrogens is 354 g/mol. The molecule has 0 aliphatic carbocycles. The number of carbonyl (C=O) groups excluding carboxylic acids is 2. The van der Waals surface area contributed by atoms with Gasteiger partial charge < -0.3 is 20.3 Å². The van der Waals surface area contributed by atoms with Gasteiger partial charge in [-0.1, -0.05) is 0 Å². The zero-order valence-electron chi connectivity index (χ0n) is 16.2. The molecule has 0 radical (unpaired) electrons. The van der Waals surface area contributed by atoms with Crippen molar-refractivity contribution in [2.45, 2.75) is 32.6 Å². The third kappa shape index (κ3) is 5.74. The molecule has 148 valence electrons. The monoisotopic (exact) mass is 381 g/mol. The van der Waals surface area contributed by atoms with E-state index in [1.807, 2.05) is 31.2 Å². The number of carbonyl (C=O) groups is 2. The van der Waals surface area contributed by atoms with Gasteiger partial charge >= 0.3 is 0 Å². The molecule has 1 aliphatic rings. The largest absolute Gasteiger partial charge is 0.494 e. The molecule has 0 spiro atoms. The van der Waals surface area contributed by atoms with Crippen molar-refractivity contribution in [3.63, 3.8) is 0 Å². The number of ether oxygens (including phenoxy) is 1. The molecule has 1 heterocycles. The standard InChI is InChI=1S/C22H27N3O3/c1-2-28-20-12-8-18(9-13-20)24-22(27)16-21(26)23-17-6-10-19(11-7-17)25-14-4-3-5-15-25/h6-13H,2-5,14-16H2,1H3,(H,23,26)(H,24,27). The van der Waals surface area contributed by atoms with Crippen LogP contribution in [0, 0.1) is 0 Å². The molecule has 3 rings (SSSR count). The predicted molar refractivity (Wildman–Crippen MR) is 112 cm³/mol. The number of hydrogen-bond acceptors (Lipinski definition) is 4. The fourth-order valence-corrected chi connectivity index (χ4v) is 3.27. The van der Waals surface area contributed by atoms with E-state index in [-0.39, 0.29) is 18.2 Å². The number of rotatable bonds is 7. The summed E-state index contributed by atoms with van der Waals surface area (Å²) in [6, 6.07) is 14.9. The quantitative estimate of drug-likeness (QED) is 0.710. The van der Waals surface area contributed by atoms with Gasteiger partial charge in [0.1, 0.15) is 12.2 Å². The molecule has 1 fully saturated rings. The zero-order chi connectivity index (χ0) is 19.8. The number of benzene rings is 2. The summed E-state index contributed by atoms with van der Waals surface area (Å²) in [7, 11) is 0. The lowest BCUT2D eigenvalue weighted by atomic mass is 10.1. The summed E-state index contributed by atoms with van der Waals surface area (Å²) in [4.78, 5) is 26.6. The number of amides is 2. The Morgan fingerprint density at radius 2 is 1.39 bits per heavy atom. The maximum atomic E-state index is 12.1. The highest BCUT2D eigenvalue weighted by Gasteiger charge is 2.12. The fraction of sp³-hybridized carbons (Fsp3) is 0.364. The minimum absolute atomic E-state index is 0.235. The summed E-state index contributed by atoms with van der Waals surface area (Å²) < 4.78 is 5.36. The van der Waals surface area contributed by atoms with E-state index in [2.05, 4.69) is 15.5 Å². The van der Waals surface area contributed by atoms with Crippen LogP contribution in [0.2, 0.25) is 0 Å². The van der Waals surface area contributed by atoms with E-state index in [9.17, 15) is 9.59 Å². The first-order chi connectivity index (χ1) is 13.6. The Bertz CT molecular complexity index is 782. The van der Waals surface area contributed by atoms with Gasteiger partial charge in [0.2, 0.25) is 11.8 Å². The van der Waals surface area contributed by atoms with Gasteiger partial charge in [-0.2, -0.15) is 0 Å². The van der Waals surface area contributed by atoms with Crippen molar-refractivity contribution in [3.05, 3.63) is 48.5 Å². The van der Waals surface area contributed by atoms with Gasteiger partial charge in [0.15, 0.2) is 0 Å². The molecule has 28 heavy (non-hydrogen) atoms. The van der Waals surface area contributed by atoms with Crippen molar-refractivity contribution in [3.8, 4) is 5.75 Å². The van der Waals surface area contributed by atoms with E-state index < -0.39 is 0 Å². The van der Waals surface area contributed by atoms with E-state index in [0.29, 0.717) is 18.0 Å². The maximum Gasteiger partial charge on any atom is 0.233 e. The third-order valence-corrected chi connectivity index (χ3v) is 4.64. The van der Waals surface area contributed by atoms with Crippen LogP contribution in [-0.4, -0.2) is 31.5 Å². The van der Waals surface area contributed by atoms with Gasteiger partial charge in [-0.05, 0) is 74.7 Å². The maximum absolute atomic E-state index is 12.1. The topological polar surface area (TPSA) is 70.7 Å². The van der Waals surface area contributed by atoms with Crippen LogP contribution in [0.15, 0.2) is 48.5 Å². The Morgan fingerprint density at radius 3 is 1.93 bits per heavy atom. The van der Waals surface area contributed by atoms with Gasteiger partial charge in [-0.3, -0.25) is 9.59 Å². The molecule has 0 unspecified atom stereocenters. The zero-order valence-corrected chi connectivity index (χ0v) is 16.2. The Hall–Kier alpha value is -3.02. The lowest BCUT2D eigenvalue weighted by Crippen LogP contribution is -2.29. The predicted octanol–water partition coefficient (Wildman–Crippen LogP) is 4.04. The summed E-state index contributed by atoms with van der Waals surface area (Å²) in [5.74, 6) is 0.0481. The summed E-state index contributed by atoms with van der Waals surface area (Å²) >= 11 is 0.